The Kier molecular flexibility index (Phi) is 6.65. The minimum absolute atomic E-state index is 0.339. The maximum atomic E-state index is 5.97. The van der Waals surface area contributed by atoms with E-state index in [0.29, 0.717) is 5.92 Å². The second-order valence-corrected chi connectivity index (χ2v) is 9.91. The number of piperazine rings is 1. The summed E-state index contributed by atoms with van der Waals surface area (Å²) in [6.45, 7) is 10.0. The lowest BCUT2D eigenvalue weighted by atomic mass is 9.95. The number of nitrogen functional groups attached to an aromatic ring is 1. The predicted molar refractivity (Wildman–Crippen MR) is 144 cm³/mol. The van der Waals surface area contributed by atoms with Crippen LogP contribution in [0.25, 0.3) is 10.2 Å². The van der Waals surface area contributed by atoms with Gasteiger partial charge in [-0.15, -0.1) is 11.3 Å². The van der Waals surface area contributed by atoms with E-state index in [9.17, 15) is 0 Å². The highest BCUT2D eigenvalue weighted by molar-refractivity contribution is 7.18. The summed E-state index contributed by atoms with van der Waals surface area (Å²) in [5.41, 5.74) is 12.6. The zero-order valence-electron chi connectivity index (χ0n) is 19.9. The molecule has 0 aliphatic carbocycles. The third-order valence-corrected chi connectivity index (χ3v) is 7.71. The second kappa shape index (κ2) is 9.99. The minimum Gasteiger partial charge on any atom is -0.399 e. The SMILES string of the molecule is CCN1CCN(c2ccc(Nc3ncnc4c(C(C)Cc5cccc(N)c5)csc34)cc2)CC1. The van der Waals surface area contributed by atoms with Gasteiger partial charge in [-0.05, 0) is 71.8 Å². The Morgan fingerprint density at radius 1 is 1.06 bits per heavy atom. The number of nitrogens with one attached hydrogen (secondary N) is 1. The fraction of sp³-hybridized carbons (Fsp3) is 0.333. The second-order valence-electron chi connectivity index (χ2n) is 9.03. The van der Waals surface area contributed by atoms with Gasteiger partial charge < -0.3 is 20.9 Å². The number of hydrogen-bond acceptors (Lipinski definition) is 7. The number of fused-ring (bicyclic) bond motifs is 1. The van der Waals surface area contributed by atoms with E-state index in [0.717, 1.165) is 66.6 Å². The van der Waals surface area contributed by atoms with E-state index in [2.05, 4.69) is 80.7 Å². The van der Waals surface area contributed by atoms with Gasteiger partial charge in [-0.25, -0.2) is 9.97 Å². The van der Waals surface area contributed by atoms with E-state index in [1.165, 1.54) is 16.8 Å². The van der Waals surface area contributed by atoms with Crippen molar-refractivity contribution >= 4 is 44.4 Å². The van der Waals surface area contributed by atoms with Crippen molar-refractivity contribution in [1.29, 1.82) is 0 Å². The van der Waals surface area contributed by atoms with Gasteiger partial charge in [0, 0.05) is 43.2 Å². The molecule has 1 aliphatic heterocycles. The lowest BCUT2D eigenvalue weighted by Crippen LogP contribution is -2.46. The van der Waals surface area contributed by atoms with Gasteiger partial charge in [-0.1, -0.05) is 26.0 Å². The molecule has 1 unspecified atom stereocenters. The molecule has 0 saturated carbocycles. The molecule has 3 heterocycles. The molecule has 5 rings (SSSR count). The molecule has 7 heteroatoms. The van der Waals surface area contributed by atoms with Gasteiger partial charge in [0.2, 0.25) is 0 Å². The first-order valence-corrected chi connectivity index (χ1v) is 12.9. The first-order valence-electron chi connectivity index (χ1n) is 12.0. The average Bonchev–Trinajstić information content (AvgIpc) is 3.30. The van der Waals surface area contributed by atoms with Crippen LogP contribution in [-0.4, -0.2) is 47.6 Å². The number of anilines is 4. The fourth-order valence-corrected chi connectivity index (χ4v) is 5.79. The molecule has 3 N–H and O–H groups in total. The Balaban J connectivity index is 1.30. The highest BCUT2D eigenvalue weighted by Gasteiger charge is 2.18. The number of likely N-dealkylation sites (N-methyl/N-ethyl adjacent to an activating group) is 1. The van der Waals surface area contributed by atoms with Crippen LogP contribution in [0.2, 0.25) is 0 Å². The summed E-state index contributed by atoms with van der Waals surface area (Å²) in [5.74, 6) is 1.20. The van der Waals surface area contributed by atoms with Crippen LogP contribution in [-0.2, 0) is 6.42 Å². The van der Waals surface area contributed by atoms with Crippen LogP contribution in [0.5, 0.6) is 0 Å². The average molecular weight is 473 g/mol. The van der Waals surface area contributed by atoms with Crippen molar-refractivity contribution in [3.8, 4) is 0 Å². The van der Waals surface area contributed by atoms with Crippen LogP contribution in [0.3, 0.4) is 0 Å². The molecule has 2 aromatic heterocycles. The largest absolute Gasteiger partial charge is 0.399 e. The van der Waals surface area contributed by atoms with Crippen molar-refractivity contribution in [3.05, 3.63) is 71.4 Å². The molecule has 34 heavy (non-hydrogen) atoms. The Morgan fingerprint density at radius 3 is 2.59 bits per heavy atom. The van der Waals surface area contributed by atoms with E-state index in [1.807, 2.05) is 12.1 Å². The number of nitrogens with two attached hydrogens (primary N) is 1. The molecular formula is C27H32N6S. The smallest absolute Gasteiger partial charge is 0.151 e. The summed E-state index contributed by atoms with van der Waals surface area (Å²) in [4.78, 5) is 14.2. The van der Waals surface area contributed by atoms with Crippen molar-refractivity contribution < 1.29 is 0 Å². The Labute approximate surface area is 205 Å². The van der Waals surface area contributed by atoms with Crippen LogP contribution in [0.4, 0.5) is 22.9 Å². The molecule has 0 radical (unpaired) electrons. The van der Waals surface area contributed by atoms with Crippen molar-refractivity contribution in [2.24, 2.45) is 0 Å². The van der Waals surface area contributed by atoms with E-state index >= 15 is 0 Å². The first-order chi connectivity index (χ1) is 16.6. The monoisotopic (exact) mass is 472 g/mol. The van der Waals surface area contributed by atoms with Gasteiger partial charge in [0.05, 0.1) is 10.2 Å². The molecule has 0 bridgehead atoms. The van der Waals surface area contributed by atoms with Crippen LogP contribution in [0, 0.1) is 0 Å². The van der Waals surface area contributed by atoms with Crippen LogP contribution in [0.15, 0.2) is 60.2 Å². The molecular weight excluding hydrogens is 440 g/mol. The van der Waals surface area contributed by atoms with Crippen molar-refractivity contribution in [3.63, 3.8) is 0 Å². The highest BCUT2D eigenvalue weighted by Crippen LogP contribution is 2.36. The van der Waals surface area contributed by atoms with E-state index < -0.39 is 0 Å². The lowest BCUT2D eigenvalue weighted by Gasteiger charge is -2.35. The first kappa shape index (κ1) is 22.6. The molecule has 4 aromatic rings. The molecule has 0 spiro atoms. The molecule has 1 saturated heterocycles. The maximum absolute atomic E-state index is 5.97. The normalized spacial score (nSPS) is 15.5. The van der Waals surface area contributed by atoms with Crippen molar-refractivity contribution in [2.45, 2.75) is 26.2 Å². The molecule has 1 atom stereocenters. The molecule has 6 nitrogen and oxygen atoms in total. The quantitative estimate of drug-likeness (QED) is 0.346. The Bertz CT molecular complexity index is 1240. The number of nitrogens with zero attached hydrogens (tertiary/aromatic N) is 4. The standard InChI is InChI=1S/C27H32N6S/c1-3-32-11-13-33(14-12-32)23-9-7-22(8-10-23)31-27-26-25(29-18-30-27)24(17-34-26)19(2)15-20-5-4-6-21(28)16-20/h4-10,16-19H,3,11-15,28H2,1-2H3,(H,29,30,31). The number of rotatable bonds is 7. The van der Waals surface area contributed by atoms with Crippen molar-refractivity contribution in [1.82, 2.24) is 14.9 Å². The van der Waals surface area contributed by atoms with Gasteiger partial charge in [-0.3, -0.25) is 0 Å². The number of hydrogen-bond donors (Lipinski definition) is 2. The lowest BCUT2D eigenvalue weighted by molar-refractivity contribution is 0.271. The van der Waals surface area contributed by atoms with Gasteiger partial charge in [0.25, 0.3) is 0 Å². The number of thiophene rings is 1. The molecule has 1 fully saturated rings. The summed E-state index contributed by atoms with van der Waals surface area (Å²) in [6, 6.07) is 16.8. The summed E-state index contributed by atoms with van der Waals surface area (Å²) in [7, 11) is 0. The predicted octanol–water partition coefficient (Wildman–Crippen LogP) is 5.51. The summed E-state index contributed by atoms with van der Waals surface area (Å²) < 4.78 is 1.09. The third-order valence-electron chi connectivity index (χ3n) is 6.72. The van der Waals surface area contributed by atoms with Crippen LogP contribution < -0.4 is 16.0 Å². The molecule has 2 aromatic carbocycles. The molecule has 0 amide bonds. The van der Waals surface area contributed by atoms with Gasteiger partial charge in [-0.2, -0.15) is 0 Å². The molecule has 1 aliphatic rings. The van der Waals surface area contributed by atoms with E-state index in [-0.39, 0.29) is 0 Å². The van der Waals surface area contributed by atoms with Gasteiger partial charge in [0.1, 0.15) is 6.33 Å². The Morgan fingerprint density at radius 2 is 1.85 bits per heavy atom. The summed E-state index contributed by atoms with van der Waals surface area (Å²) in [5, 5.41) is 5.74. The number of benzene rings is 2. The minimum atomic E-state index is 0.339. The highest BCUT2D eigenvalue weighted by atomic mass is 32.1. The Hall–Kier alpha value is -3.16. The zero-order valence-corrected chi connectivity index (χ0v) is 20.7. The summed E-state index contributed by atoms with van der Waals surface area (Å²) >= 11 is 1.70. The van der Waals surface area contributed by atoms with E-state index in [4.69, 9.17) is 5.73 Å². The van der Waals surface area contributed by atoms with Crippen molar-refractivity contribution in [2.75, 3.05) is 48.7 Å². The van der Waals surface area contributed by atoms with Crippen LogP contribution in [0.1, 0.15) is 30.9 Å². The molecule has 176 valence electrons. The van der Waals surface area contributed by atoms with Crippen LogP contribution >= 0.6 is 11.3 Å². The number of aromatic nitrogens is 2. The third kappa shape index (κ3) is 4.86. The summed E-state index contributed by atoms with van der Waals surface area (Å²) in [6.07, 6.45) is 2.59. The van der Waals surface area contributed by atoms with E-state index in [1.54, 1.807) is 17.7 Å². The maximum Gasteiger partial charge on any atom is 0.151 e. The van der Waals surface area contributed by atoms with Gasteiger partial charge >= 0.3 is 0 Å². The fourth-order valence-electron chi connectivity index (χ4n) is 4.71. The topological polar surface area (TPSA) is 70.3 Å². The van der Waals surface area contributed by atoms with Gasteiger partial charge in [0.15, 0.2) is 5.82 Å². The zero-order chi connectivity index (χ0) is 23.5.